The summed E-state index contributed by atoms with van der Waals surface area (Å²) in [4.78, 5) is 25.1. The van der Waals surface area contributed by atoms with Gasteiger partial charge in [0.1, 0.15) is 5.92 Å². The second kappa shape index (κ2) is 8.89. The molecule has 5 nitrogen and oxygen atoms in total. The number of benzene rings is 1. The first-order valence-electron chi connectivity index (χ1n) is 8.10. The smallest absolute Gasteiger partial charge is 0.314 e. The summed E-state index contributed by atoms with van der Waals surface area (Å²) < 4.78 is 5.09. The van der Waals surface area contributed by atoms with E-state index in [4.69, 9.17) is 16.3 Å². The van der Waals surface area contributed by atoms with E-state index < -0.39 is 0 Å². The third-order valence-corrected chi connectivity index (χ3v) is 4.45. The Morgan fingerprint density at radius 1 is 1.39 bits per heavy atom. The van der Waals surface area contributed by atoms with Crippen LogP contribution in [-0.2, 0) is 20.9 Å². The summed E-state index contributed by atoms with van der Waals surface area (Å²) in [6, 6.07) is 7.46. The van der Waals surface area contributed by atoms with Crippen LogP contribution in [0.1, 0.15) is 25.3 Å². The lowest BCUT2D eigenvalue weighted by molar-refractivity contribution is -0.899. The average Bonchev–Trinajstić information content (AvgIpc) is 2.54. The minimum Gasteiger partial charge on any atom is -0.466 e. The van der Waals surface area contributed by atoms with Gasteiger partial charge in [0.2, 0.25) is 0 Å². The highest BCUT2D eigenvalue weighted by molar-refractivity contribution is 6.31. The molecule has 2 atom stereocenters. The molecule has 1 saturated heterocycles. The minimum absolute atomic E-state index is 0.0237. The molecule has 2 N–H and O–H groups in total. The Morgan fingerprint density at radius 2 is 2.17 bits per heavy atom. The highest BCUT2D eigenvalue weighted by Gasteiger charge is 2.30. The van der Waals surface area contributed by atoms with Crippen LogP contribution in [0, 0.1) is 5.92 Å². The highest BCUT2D eigenvalue weighted by Crippen LogP contribution is 2.14. The molecule has 0 aliphatic carbocycles. The van der Waals surface area contributed by atoms with E-state index in [1.54, 1.807) is 0 Å². The van der Waals surface area contributed by atoms with Crippen LogP contribution in [-0.4, -0.2) is 38.1 Å². The number of carbonyl (C=O) groups excluding carboxylic acids is 2. The number of amides is 1. The van der Waals surface area contributed by atoms with Gasteiger partial charge in [0.05, 0.1) is 19.7 Å². The fourth-order valence-electron chi connectivity index (χ4n) is 2.90. The van der Waals surface area contributed by atoms with Crippen molar-refractivity contribution in [2.75, 3.05) is 26.2 Å². The molecule has 1 aliphatic heterocycles. The number of hydrogen-bond donors (Lipinski definition) is 2. The summed E-state index contributed by atoms with van der Waals surface area (Å²) in [7, 11) is 0. The highest BCUT2D eigenvalue weighted by atomic mass is 35.5. The van der Waals surface area contributed by atoms with E-state index in [0.29, 0.717) is 31.3 Å². The van der Waals surface area contributed by atoms with E-state index in [0.717, 1.165) is 29.8 Å². The second-order valence-corrected chi connectivity index (χ2v) is 6.25. The minimum atomic E-state index is -0.138. The maximum atomic E-state index is 12.1. The van der Waals surface area contributed by atoms with Gasteiger partial charge in [0, 0.05) is 11.6 Å². The Morgan fingerprint density at radius 3 is 2.91 bits per heavy atom. The number of rotatable bonds is 6. The summed E-state index contributed by atoms with van der Waals surface area (Å²) in [6.45, 7) is 4.59. The summed E-state index contributed by atoms with van der Waals surface area (Å²) in [6.07, 6.45) is 1.79. The van der Waals surface area contributed by atoms with Crippen LogP contribution in [0.4, 0.5) is 0 Å². The standard InChI is InChI=1S/C17H23ClN2O3/c1-2-23-17(22)14-7-5-9-20(11-14)12-16(21)19-10-13-6-3-4-8-15(13)18/h3-4,6,8,14H,2,5,7,9-12H2,1H3,(H,19,21)/p+1/t14-/m1/s1. The van der Waals surface area contributed by atoms with Crippen molar-refractivity contribution in [1.82, 2.24) is 5.32 Å². The van der Waals surface area contributed by atoms with Crippen LogP contribution in [0.25, 0.3) is 0 Å². The molecule has 126 valence electrons. The van der Waals surface area contributed by atoms with Crippen LogP contribution >= 0.6 is 11.6 Å². The van der Waals surface area contributed by atoms with Gasteiger partial charge in [-0.15, -0.1) is 0 Å². The Balaban J connectivity index is 1.78. The van der Waals surface area contributed by atoms with Gasteiger partial charge in [-0.05, 0) is 31.4 Å². The van der Waals surface area contributed by atoms with Crippen molar-refractivity contribution < 1.29 is 19.2 Å². The number of quaternary nitrogens is 1. The molecule has 1 aromatic carbocycles. The Kier molecular flexibility index (Phi) is 6.86. The van der Waals surface area contributed by atoms with Gasteiger partial charge in [0.15, 0.2) is 6.54 Å². The molecule has 2 rings (SSSR count). The molecule has 0 saturated carbocycles. The number of halogens is 1. The predicted molar refractivity (Wildman–Crippen MR) is 88.2 cm³/mol. The Hall–Kier alpha value is -1.59. The van der Waals surface area contributed by atoms with Crippen LogP contribution in [0.3, 0.4) is 0 Å². The zero-order valence-electron chi connectivity index (χ0n) is 13.4. The van der Waals surface area contributed by atoms with Crippen LogP contribution < -0.4 is 10.2 Å². The number of carbonyl (C=O) groups is 2. The molecule has 1 aliphatic rings. The average molecular weight is 340 g/mol. The van der Waals surface area contributed by atoms with E-state index in [9.17, 15) is 9.59 Å². The monoisotopic (exact) mass is 339 g/mol. The largest absolute Gasteiger partial charge is 0.466 e. The van der Waals surface area contributed by atoms with Gasteiger partial charge < -0.3 is 15.0 Å². The van der Waals surface area contributed by atoms with Crippen molar-refractivity contribution in [2.45, 2.75) is 26.3 Å². The number of piperidine rings is 1. The molecule has 1 heterocycles. The fourth-order valence-corrected chi connectivity index (χ4v) is 3.10. The molecule has 6 heteroatoms. The first-order chi connectivity index (χ1) is 11.1. The van der Waals surface area contributed by atoms with Crippen molar-refractivity contribution in [3.63, 3.8) is 0 Å². The zero-order valence-corrected chi connectivity index (χ0v) is 14.2. The number of nitrogens with one attached hydrogen (secondary N) is 2. The van der Waals surface area contributed by atoms with Crippen molar-refractivity contribution in [1.29, 1.82) is 0 Å². The molecule has 0 spiro atoms. The maximum absolute atomic E-state index is 12.1. The van der Waals surface area contributed by atoms with Crippen LogP contribution in [0.15, 0.2) is 24.3 Å². The topological polar surface area (TPSA) is 59.8 Å². The van der Waals surface area contributed by atoms with E-state index >= 15 is 0 Å². The molecule has 23 heavy (non-hydrogen) atoms. The van der Waals surface area contributed by atoms with E-state index in [-0.39, 0.29) is 17.8 Å². The Bertz CT molecular complexity index is 550. The maximum Gasteiger partial charge on any atom is 0.314 e. The van der Waals surface area contributed by atoms with Crippen molar-refractivity contribution >= 4 is 23.5 Å². The lowest BCUT2D eigenvalue weighted by Crippen LogP contribution is -3.14. The van der Waals surface area contributed by atoms with Gasteiger partial charge >= 0.3 is 5.97 Å². The number of hydrogen-bond acceptors (Lipinski definition) is 3. The van der Waals surface area contributed by atoms with Crippen molar-refractivity contribution in [3.05, 3.63) is 34.9 Å². The fraction of sp³-hybridized carbons (Fsp3) is 0.529. The number of likely N-dealkylation sites (tertiary alicyclic amines) is 1. The Labute approximate surface area is 141 Å². The molecule has 1 unspecified atom stereocenters. The molecule has 0 aromatic heterocycles. The predicted octanol–water partition coefficient (Wildman–Crippen LogP) is 0.814. The second-order valence-electron chi connectivity index (χ2n) is 5.84. The van der Waals surface area contributed by atoms with Crippen molar-refractivity contribution in [3.8, 4) is 0 Å². The van der Waals surface area contributed by atoms with Crippen LogP contribution in [0.2, 0.25) is 5.02 Å². The molecular weight excluding hydrogens is 316 g/mol. The zero-order chi connectivity index (χ0) is 16.7. The summed E-state index contributed by atoms with van der Waals surface area (Å²) in [5.41, 5.74) is 0.903. The van der Waals surface area contributed by atoms with E-state index in [1.807, 2.05) is 31.2 Å². The molecule has 1 amide bonds. The van der Waals surface area contributed by atoms with E-state index in [1.165, 1.54) is 0 Å². The van der Waals surface area contributed by atoms with E-state index in [2.05, 4.69) is 5.32 Å². The first-order valence-corrected chi connectivity index (χ1v) is 8.48. The quantitative estimate of drug-likeness (QED) is 0.754. The number of esters is 1. The summed E-state index contributed by atoms with van der Waals surface area (Å²) in [5, 5.41) is 3.55. The summed E-state index contributed by atoms with van der Waals surface area (Å²) >= 11 is 6.08. The third kappa shape index (κ3) is 5.52. The van der Waals surface area contributed by atoms with Gasteiger partial charge in [-0.2, -0.15) is 0 Å². The number of ether oxygens (including phenoxy) is 1. The van der Waals surface area contributed by atoms with Gasteiger partial charge in [-0.1, -0.05) is 29.8 Å². The van der Waals surface area contributed by atoms with Crippen molar-refractivity contribution in [2.24, 2.45) is 5.92 Å². The first kappa shape index (κ1) is 17.8. The molecular formula is C17H24ClN2O3+. The van der Waals surface area contributed by atoms with Gasteiger partial charge in [0.25, 0.3) is 5.91 Å². The molecule has 1 aromatic rings. The molecule has 0 radical (unpaired) electrons. The summed E-state index contributed by atoms with van der Waals surface area (Å²) in [5.74, 6) is -0.249. The van der Waals surface area contributed by atoms with Gasteiger partial charge in [-0.25, -0.2) is 0 Å². The van der Waals surface area contributed by atoms with Gasteiger partial charge in [-0.3, -0.25) is 9.59 Å². The molecule has 0 bridgehead atoms. The normalized spacial score (nSPS) is 20.8. The third-order valence-electron chi connectivity index (χ3n) is 4.08. The SMILES string of the molecule is CCOC(=O)[C@@H]1CCC[NH+](CC(=O)NCc2ccccc2Cl)C1. The van der Waals surface area contributed by atoms with Crippen LogP contribution in [0.5, 0.6) is 0 Å². The molecule has 1 fully saturated rings. The lowest BCUT2D eigenvalue weighted by atomic mass is 9.98. The lowest BCUT2D eigenvalue weighted by Gasteiger charge is -2.28.